The van der Waals surface area contributed by atoms with Gasteiger partial charge >= 0.3 is 0 Å². The van der Waals surface area contributed by atoms with Gasteiger partial charge in [-0.1, -0.05) is 48.5 Å². The van der Waals surface area contributed by atoms with Gasteiger partial charge in [0.2, 0.25) is 0 Å². The Hall–Kier alpha value is -2.79. The second-order valence-electron chi connectivity index (χ2n) is 7.86. The number of aliphatic imine (C=N–C) groups is 1. The van der Waals surface area contributed by atoms with Gasteiger partial charge in [0.15, 0.2) is 5.96 Å². The number of hydrogen-bond donors (Lipinski definition) is 3. The molecular weight excluding hydrogens is 372 g/mol. The molecular formula is C25H32N4O. The number of ether oxygens (including phenoxy) is 1. The fraction of sp³-hybridized carbons (Fsp3) is 0.400. The van der Waals surface area contributed by atoms with E-state index in [9.17, 15) is 0 Å². The van der Waals surface area contributed by atoms with Crippen molar-refractivity contribution in [1.29, 1.82) is 0 Å². The van der Waals surface area contributed by atoms with Gasteiger partial charge in [-0.25, -0.2) is 0 Å². The molecule has 0 amide bonds. The number of aromatic amines is 1. The van der Waals surface area contributed by atoms with E-state index in [0.717, 1.165) is 51.5 Å². The molecule has 1 aliphatic rings. The van der Waals surface area contributed by atoms with Crippen molar-refractivity contribution in [1.82, 2.24) is 15.6 Å². The molecule has 3 N–H and O–H groups in total. The Bertz CT molecular complexity index is 950. The smallest absolute Gasteiger partial charge is 0.191 e. The van der Waals surface area contributed by atoms with Gasteiger partial charge in [-0.05, 0) is 43.4 Å². The lowest BCUT2D eigenvalue weighted by atomic mass is 9.89. The van der Waals surface area contributed by atoms with E-state index in [0.29, 0.717) is 5.92 Å². The van der Waals surface area contributed by atoms with Crippen molar-refractivity contribution in [3.05, 3.63) is 71.9 Å². The summed E-state index contributed by atoms with van der Waals surface area (Å²) in [5.74, 6) is 1.29. The summed E-state index contributed by atoms with van der Waals surface area (Å²) >= 11 is 0. The van der Waals surface area contributed by atoms with Gasteiger partial charge in [0.1, 0.15) is 0 Å². The van der Waals surface area contributed by atoms with E-state index < -0.39 is 0 Å². The molecule has 2 aromatic carbocycles. The lowest BCUT2D eigenvalue weighted by molar-refractivity contribution is -0.0250. The lowest BCUT2D eigenvalue weighted by Crippen LogP contribution is -2.39. The number of benzene rings is 2. The minimum absolute atomic E-state index is 0.137. The first-order chi connectivity index (χ1) is 14.8. The Kier molecular flexibility index (Phi) is 7.03. The maximum atomic E-state index is 6.13. The molecule has 3 aromatic rings. The summed E-state index contributed by atoms with van der Waals surface area (Å²) in [6, 6.07) is 19.0. The summed E-state index contributed by atoms with van der Waals surface area (Å²) < 4.78 is 6.13. The Morgan fingerprint density at radius 2 is 1.93 bits per heavy atom. The molecule has 2 unspecified atom stereocenters. The van der Waals surface area contributed by atoms with Crippen molar-refractivity contribution >= 4 is 16.9 Å². The number of hydrogen-bond acceptors (Lipinski definition) is 2. The zero-order chi connectivity index (χ0) is 20.6. The van der Waals surface area contributed by atoms with Crippen LogP contribution in [0.1, 0.15) is 37.0 Å². The Balaban J connectivity index is 1.37. The quantitative estimate of drug-likeness (QED) is 0.403. The molecule has 0 bridgehead atoms. The van der Waals surface area contributed by atoms with Crippen LogP contribution in [0.4, 0.5) is 0 Å². The number of guanidine groups is 1. The summed E-state index contributed by atoms with van der Waals surface area (Å²) in [5.41, 5.74) is 3.78. The first kappa shape index (κ1) is 20.5. The summed E-state index contributed by atoms with van der Waals surface area (Å²) in [6.07, 6.45) is 5.46. The maximum absolute atomic E-state index is 6.13. The predicted molar refractivity (Wildman–Crippen MR) is 124 cm³/mol. The van der Waals surface area contributed by atoms with E-state index in [1.54, 1.807) is 0 Å². The van der Waals surface area contributed by atoms with E-state index in [2.05, 4.69) is 83.3 Å². The molecule has 1 aromatic heterocycles. The molecule has 1 aliphatic heterocycles. The highest BCUT2D eigenvalue weighted by Gasteiger charge is 2.27. The summed E-state index contributed by atoms with van der Waals surface area (Å²) in [6.45, 7) is 5.40. The SMILES string of the molecule is CCNC(=NCC1CCCOC1c1ccccc1)NCCc1c[nH]c2ccccc12. The monoisotopic (exact) mass is 404 g/mol. The molecule has 0 spiro atoms. The third-order valence-corrected chi connectivity index (χ3v) is 5.76. The van der Waals surface area contributed by atoms with Gasteiger partial charge < -0.3 is 20.4 Å². The average molecular weight is 405 g/mol. The van der Waals surface area contributed by atoms with Crippen molar-refractivity contribution in [2.45, 2.75) is 32.3 Å². The molecule has 158 valence electrons. The molecule has 5 heteroatoms. The zero-order valence-electron chi connectivity index (χ0n) is 17.7. The van der Waals surface area contributed by atoms with Crippen molar-refractivity contribution in [3.8, 4) is 0 Å². The van der Waals surface area contributed by atoms with Crippen molar-refractivity contribution in [2.24, 2.45) is 10.9 Å². The van der Waals surface area contributed by atoms with Crippen LogP contribution in [0.25, 0.3) is 10.9 Å². The van der Waals surface area contributed by atoms with Crippen LogP contribution in [0.2, 0.25) is 0 Å². The molecule has 0 aliphatic carbocycles. The first-order valence-corrected chi connectivity index (χ1v) is 11.1. The number of aromatic nitrogens is 1. The zero-order valence-corrected chi connectivity index (χ0v) is 17.7. The van der Waals surface area contributed by atoms with E-state index >= 15 is 0 Å². The van der Waals surface area contributed by atoms with Crippen LogP contribution in [-0.4, -0.2) is 37.2 Å². The third kappa shape index (κ3) is 5.03. The highest BCUT2D eigenvalue weighted by Crippen LogP contribution is 2.33. The molecule has 5 nitrogen and oxygen atoms in total. The largest absolute Gasteiger partial charge is 0.373 e. The molecule has 1 saturated heterocycles. The molecule has 4 rings (SSSR count). The normalized spacial score (nSPS) is 19.7. The van der Waals surface area contributed by atoms with Crippen LogP contribution < -0.4 is 10.6 Å². The van der Waals surface area contributed by atoms with Gasteiger partial charge in [-0.3, -0.25) is 4.99 Å². The van der Waals surface area contributed by atoms with Crippen LogP contribution in [0.3, 0.4) is 0 Å². The molecule has 1 fully saturated rings. The van der Waals surface area contributed by atoms with Crippen LogP contribution in [-0.2, 0) is 11.2 Å². The fourth-order valence-corrected chi connectivity index (χ4v) is 4.25. The number of nitrogens with zero attached hydrogens (tertiary/aromatic N) is 1. The van der Waals surface area contributed by atoms with Gasteiger partial charge in [0.25, 0.3) is 0 Å². The van der Waals surface area contributed by atoms with Gasteiger partial charge in [-0.2, -0.15) is 0 Å². The van der Waals surface area contributed by atoms with Crippen LogP contribution in [0.5, 0.6) is 0 Å². The molecule has 0 radical (unpaired) electrons. The lowest BCUT2D eigenvalue weighted by Gasteiger charge is -2.31. The molecule has 30 heavy (non-hydrogen) atoms. The van der Waals surface area contributed by atoms with E-state index in [1.165, 1.54) is 22.0 Å². The highest BCUT2D eigenvalue weighted by atomic mass is 16.5. The van der Waals surface area contributed by atoms with E-state index in [-0.39, 0.29) is 6.10 Å². The summed E-state index contributed by atoms with van der Waals surface area (Å²) in [7, 11) is 0. The topological polar surface area (TPSA) is 61.4 Å². The average Bonchev–Trinajstić information content (AvgIpc) is 3.21. The van der Waals surface area contributed by atoms with Crippen LogP contribution in [0.15, 0.2) is 65.8 Å². The minimum atomic E-state index is 0.137. The van der Waals surface area contributed by atoms with Crippen molar-refractivity contribution in [3.63, 3.8) is 0 Å². The second-order valence-corrected chi connectivity index (χ2v) is 7.86. The molecule has 2 heterocycles. The highest BCUT2D eigenvalue weighted by molar-refractivity contribution is 5.83. The van der Waals surface area contributed by atoms with Crippen LogP contribution >= 0.6 is 0 Å². The van der Waals surface area contributed by atoms with Gasteiger partial charge in [0, 0.05) is 49.3 Å². The van der Waals surface area contributed by atoms with Gasteiger partial charge in [0.05, 0.1) is 6.10 Å². The van der Waals surface area contributed by atoms with E-state index in [1.807, 2.05) is 0 Å². The third-order valence-electron chi connectivity index (χ3n) is 5.76. The molecule has 0 saturated carbocycles. The summed E-state index contributed by atoms with van der Waals surface area (Å²) in [5, 5.41) is 8.18. The maximum Gasteiger partial charge on any atom is 0.191 e. The first-order valence-electron chi connectivity index (χ1n) is 11.1. The standard InChI is InChI=1S/C25H32N4O/c1-2-26-25(27-15-14-20-17-28-23-13-7-6-12-22(20)23)29-18-21-11-8-16-30-24(21)19-9-4-3-5-10-19/h3-7,9-10,12-13,17,21,24,28H,2,8,11,14-16,18H2,1H3,(H2,26,27,29). The fourth-order valence-electron chi connectivity index (χ4n) is 4.25. The van der Waals surface area contributed by atoms with Crippen molar-refractivity contribution in [2.75, 3.05) is 26.2 Å². The van der Waals surface area contributed by atoms with Crippen LogP contribution in [0, 0.1) is 5.92 Å². The number of para-hydroxylation sites is 1. The number of H-pyrrole nitrogens is 1. The number of fused-ring (bicyclic) bond motifs is 1. The second kappa shape index (κ2) is 10.3. The van der Waals surface area contributed by atoms with Crippen molar-refractivity contribution < 1.29 is 4.74 Å². The predicted octanol–water partition coefficient (Wildman–Crippen LogP) is 4.43. The van der Waals surface area contributed by atoms with Gasteiger partial charge in [-0.15, -0.1) is 0 Å². The molecule has 2 atom stereocenters. The Labute approximate surface area is 178 Å². The Morgan fingerprint density at radius 3 is 2.80 bits per heavy atom. The minimum Gasteiger partial charge on any atom is -0.373 e. The number of nitrogens with one attached hydrogen (secondary N) is 3. The Morgan fingerprint density at radius 1 is 1.10 bits per heavy atom. The number of rotatable bonds is 7. The van der Waals surface area contributed by atoms with E-state index in [4.69, 9.17) is 9.73 Å². The summed E-state index contributed by atoms with van der Waals surface area (Å²) in [4.78, 5) is 8.25.